The van der Waals surface area contributed by atoms with Crippen LogP contribution in [0.5, 0.6) is 0 Å². The molecule has 0 aliphatic carbocycles. The highest BCUT2D eigenvalue weighted by atomic mass is 15.2. The highest BCUT2D eigenvalue weighted by Crippen LogP contribution is 2.15. The summed E-state index contributed by atoms with van der Waals surface area (Å²) < 4.78 is 0. The number of likely N-dealkylation sites (tertiary alicyclic amines) is 1. The fraction of sp³-hybridized carbons (Fsp3) is 0.846. The van der Waals surface area contributed by atoms with Crippen molar-refractivity contribution in [1.29, 1.82) is 0 Å². The zero-order valence-corrected chi connectivity index (χ0v) is 10.7. The SMILES string of the molecule is C=C(NC1CCN(C(C)C)CC1)C(C)C. The molecule has 1 rings (SSSR count). The minimum atomic E-state index is 0.549. The average Bonchev–Trinajstić information content (AvgIpc) is 2.18. The van der Waals surface area contributed by atoms with Crippen LogP contribution in [0.1, 0.15) is 40.5 Å². The van der Waals surface area contributed by atoms with Crippen molar-refractivity contribution in [3.8, 4) is 0 Å². The molecule has 2 nitrogen and oxygen atoms in total. The van der Waals surface area contributed by atoms with Crippen LogP contribution < -0.4 is 5.32 Å². The third-order valence-corrected chi connectivity index (χ3v) is 3.35. The summed E-state index contributed by atoms with van der Waals surface area (Å²) >= 11 is 0. The van der Waals surface area contributed by atoms with Gasteiger partial charge >= 0.3 is 0 Å². The van der Waals surface area contributed by atoms with Gasteiger partial charge in [-0.2, -0.15) is 0 Å². The maximum atomic E-state index is 4.08. The van der Waals surface area contributed by atoms with Gasteiger partial charge in [-0.15, -0.1) is 0 Å². The molecule has 0 aromatic heterocycles. The van der Waals surface area contributed by atoms with Crippen molar-refractivity contribution >= 4 is 0 Å². The molecule has 0 aromatic carbocycles. The highest BCUT2D eigenvalue weighted by molar-refractivity contribution is 4.98. The lowest BCUT2D eigenvalue weighted by atomic mass is 10.0. The van der Waals surface area contributed by atoms with Crippen molar-refractivity contribution < 1.29 is 0 Å². The summed E-state index contributed by atoms with van der Waals surface area (Å²) in [6.07, 6.45) is 2.51. The number of hydrogen-bond acceptors (Lipinski definition) is 2. The van der Waals surface area contributed by atoms with E-state index in [4.69, 9.17) is 0 Å². The van der Waals surface area contributed by atoms with Crippen LogP contribution in [-0.4, -0.2) is 30.1 Å². The summed E-state index contributed by atoms with van der Waals surface area (Å²) in [5, 5.41) is 3.56. The number of nitrogens with zero attached hydrogens (tertiary/aromatic N) is 1. The fourth-order valence-corrected chi connectivity index (χ4v) is 1.99. The molecule has 15 heavy (non-hydrogen) atoms. The number of nitrogens with one attached hydrogen (secondary N) is 1. The quantitative estimate of drug-likeness (QED) is 0.767. The Balaban J connectivity index is 2.29. The first-order valence-electron chi connectivity index (χ1n) is 6.20. The molecule has 2 heteroatoms. The Labute approximate surface area is 94.7 Å². The van der Waals surface area contributed by atoms with E-state index in [2.05, 4.69) is 44.5 Å². The highest BCUT2D eigenvalue weighted by Gasteiger charge is 2.20. The van der Waals surface area contributed by atoms with Crippen LogP contribution in [0.25, 0.3) is 0 Å². The van der Waals surface area contributed by atoms with E-state index in [0.717, 1.165) is 0 Å². The van der Waals surface area contributed by atoms with Gasteiger partial charge in [0.25, 0.3) is 0 Å². The molecule has 1 aliphatic heterocycles. The monoisotopic (exact) mass is 210 g/mol. The predicted octanol–water partition coefficient (Wildman–Crippen LogP) is 2.62. The minimum absolute atomic E-state index is 0.549. The molecule has 1 aliphatic rings. The molecule has 0 amide bonds. The number of allylic oxidation sites excluding steroid dienone is 1. The first kappa shape index (κ1) is 12.6. The largest absolute Gasteiger partial charge is 0.386 e. The Morgan fingerprint density at radius 3 is 2.13 bits per heavy atom. The van der Waals surface area contributed by atoms with Gasteiger partial charge in [-0.3, -0.25) is 0 Å². The molecule has 1 heterocycles. The molecule has 0 aromatic rings. The van der Waals surface area contributed by atoms with Gasteiger partial charge in [0.2, 0.25) is 0 Å². The number of hydrogen-bond donors (Lipinski definition) is 1. The van der Waals surface area contributed by atoms with Gasteiger partial charge in [0.15, 0.2) is 0 Å². The molecule has 0 unspecified atom stereocenters. The summed E-state index contributed by atoms with van der Waals surface area (Å²) in [7, 11) is 0. The van der Waals surface area contributed by atoms with Gasteiger partial charge in [-0.1, -0.05) is 20.4 Å². The predicted molar refractivity (Wildman–Crippen MR) is 66.8 cm³/mol. The molecular weight excluding hydrogens is 184 g/mol. The van der Waals surface area contributed by atoms with E-state index >= 15 is 0 Å². The molecule has 1 fully saturated rings. The Morgan fingerprint density at radius 1 is 1.20 bits per heavy atom. The van der Waals surface area contributed by atoms with Crippen molar-refractivity contribution in [3.05, 3.63) is 12.3 Å². The lowest BCUT2D eigenvalue weighted by Gasteiger charge is -2.36. The van der Waals surface area contributed by atoms with Gasteiger partial charge in [0.05, 0.1) is 0 Å². The topological polar surface area (TPSA) is 15.3 Å². The van der Waals surface area contributed by atoms with Gasteiger partial charge in [0.1, 0.15) is 0 Å². The molecule has 0 bridgehead atoms. The third kappa shape index (κ3) is 3.86. The van der Waals surface area contributed by atoms with E-state index in [0.29, 0.717) is 18.0 Å². The molecule has 1 N–H and O–H groups in total. The molecule has 0 atom stereocenters. The second-order valence-corrected chi connectivity index (χ2v) is 5.23. The van der Waals surface area contributed by atoms with Crippen molar-refractivity contribution in [2.24, 2.45) is 5.92 Å². The first-order chi connectivity index (χ1) is 7.00. The third-order valence-electron chi connectivity index (χ3n) is 3.35. The first-order valence-corrected chi connectivity index (χ1v) is 6.20. The molecule has 88 valence electrons. The summed E-state index contributed by atoms with van der Waals surface area (Å²) in [5.74, 6) is 0.549. The van der Waals surface area contributed by atoms with E-state index in [9.17, 15) is 0 Å². The van der Waals surface area contributed by atoms with Crippen LogP contribution in [0.15, 0.2) is 12.3 Å². The smallest absolute Gasteiger partial charge is 0.0282 e. The summed E-state index contributed by atoms with van der Waals surface area (Å²) in [5.41, 5.74) is 1.19. The van der Waals surface area contributed by atoms with Crippen LogP contribution in [-0.2, 0) is 0 Å². The van der Waals surface area contributed by atoms with Gasteiger partial charge in [-0.25, -0.2) is 0 Å². The Hall–Kier alpha value is -0.500. The molecule has 0 saturated carbocycles. The second kappa shape index (κ2) is 5.55. The van der Waals surface area contributed by atoms with Crippen molar-refractivity contribution in [3.63, 3.8) is 0 Å². The van der Waals surface area contributed by atoms with Gasteiger partial charge < -0.3 is 10.2 Å². The Morgan fingerprint density at radius 2 is 1.73 bits per heavy atom. The lowest BCUT2D eigenvalue weighted by Crippen LogP contribution is -2.45. The van der Waals surface area contributed by atoms with Gasteiger partial charge in [-0.05, 0) is 32.6 Å². The zero-order chi connectivity index (χ0) is 11.4. The second-order valence-electron chi connectivity index (χ2n) is 5.23. The van der Waals surface area contributed by atoms with Crippen LogP contribution in [0, 0.1) is 5.92 Å². The van der Waals surface area contributed by atoms with E-state index < -0.39 is 0 Å². The molecule has 0 spiro atoms. The zero-order valence-electron chi connectivity index (χ0n) is 10.7. The summed E-state index contributed by atoms with van der Waals surface area (Å²) in [6, 6.07) is 1.34. The van der Waals surface area contributed by atoms with Crippen molar-refractivity contribution in [2.45, 2.75) is 52.6 Å². The van der Waals surface area contributed by atoms with E-state index in [1.165, 1.54) is 31.6 Å². The van der Waals surface area contributed by atoms with E-state index in [1.807, 2.05) is 0 Å². The Kier molecular flexibility index (Phi) is 4.65. The standard InChI is InChI=1S/C13H26N2/c1-10(2)12(5)14-13-6-8-15(9-7-13)11(3)4/h10-11,13-14H,5-9H2,1-4H3. The number of rotatable bonds is 4. The van der Waals surface area contributed by atoms with Crippen molar-refractivity contribution in [2.75, 3.05) is 13.1 Å². The van der Waals surface area contributed by atoms with Crippen LogP contribution >= 0.6 is 0 Å². The summed E-state index contributed by atoms with van der Waals surface area (Å²) in [4.78, 5) is 2.55. The minimum Gasteiger partial charge on any atom is -0.386 e. The van der Waals surface area contributed by atoms with Gasteiger partial charge in [0, 0.05) is 30.9 Å². The van der Waals surface area contributed by atoms with E-state index in [-0.39, 0.29) is 0 Å². The molecule has 1 saturated heterocycles. The fourth-order valence-electron chi connectivity index (χ4n) is 1.99. The number of piperidine rings is 1. The van der Waals surface area contributed by atoms with E-state index in [1.54, 1.807) is 0 Å². The average molecular weight is 210 g/mol. The van der Waals surface area contributed by atoms with Crippen LogP contribution in [0.3, 0.4) is 0 Å². The molecular formula is C13H26N2. The summed E-state index contributed by atoms with van der Waals surface area (Å²) in [6.45, 7) is 15.5. The van der Waals surface area contributed by atoms with Crippen LogP contribution in [0.2, 0.25) is 0 Å². The van der Waals surface area contributed by atoms with Crippen LogP contribution in [0.4, 0.5) is 0 Å². The van der Waals surface area contributed by atoms with Crippen molar-refractivity contribution in [1.82, 2.24) is 10.2 Å². The Bertz CT molecular complexity index is 201. The normalized spacial score (nSPS) is 19.9. The maximum Gasteiger partial charge on any atom is 0.0282 e. The lowest BCUT2D eigenvalue weighted by molar-refractivity contribution is 0.164. The molecule has 0 radical (unpaired) electrons. The maximum absolute atomic E-state index is 4.08.